The first-order valence-electron chi connectivity index (χ1n) is 4.04. The number of fused-ring (bicyclic) bond motifs is 1. The number of nitrogens with one attached hydrogen (secondary N) is 1. The topological polar surface area (TPSA) is 55.4 Å². The van der Waals surface area contributed by atoms with E-state index in [1.807, 2.05) is 0 Å². The van der Waals surface area contributed by atoms with Gasteiger partial charge in [-0.05, 0) is 6.07 Å². The monoisotopic (exact) mass is 213 g/mol. The zero-order valence-corrected chi connectivity index (χ0v) is 7.34. The molecule has 0 saturated carbocycles. The molecule has 15 heavy (non-hydrogen) atoms. The predicted octanol–water partition coefficient (Wildman–Crippen LogP) is 0.960. The number of esters is 1. The molecule has 0 unspecified atom stereocenters. The Balaban J connectivity index is 2.51. The average Bonchev–Trinajstić information content (AvgIpc) is 2.27. The molecule has 0 radical (unpaired) electrons. The lowest BCUT2D eigenvalue weighted by atomic mass is 10.1. The van der Waals surface area contributed by atoms with Crippen molar-refractivity contribution in [2.45, 2.75) is 6.61 Å². The summed E-state index contributed by atoms with van der Waals surface area (Å²) in [6.07, 6.45) is 0. The third-order valence-electron chi connectivity index (χ3n) is 1.94. The van der Waals surface area contributed by atoms with Crippen molar-refractivity contribution in [3.05, 3.63) is 29.3 Å². The number of anilines is 1. The van der Waals surface area contributed by atoms with Crippen LogP contribution < -0.4 is 5.32 Å². The van der Waals surface area contributed by atoms with Gasteiger partial charge in [0.2, 0.25) is 0 Å². The molecule has 0 fully saturated rings. The van der Waals surface area contributed by atoms with Gasteiger partial charge in [-0.1, -0.05) is 0 Å². The molecule has 0 aliphatic carbocycles. The molecule has 1 N–H and O–H groups in total. The molecule has 0 aromatic heterocycles. The molecule has 6 heteroatoms. The Hall–Kier alpha value is -1.98. The van der Waals surface area contributed by atoms with Gasteiger partial charge >= 0.3 is 11.9 Å². The fraction of sp³-hybridized carbons (Fsp3) is 0.111. The fourth-order valence-corrected chi connectivity index (χ4v) is 1.24. The van der Waals surface area contributed by atoms with Crippen molar-refractivity contribution in [2.75, 3.05) is 5.32 Å². The quantitative estimate of drug-likeness (QED) is 0.515. The lowest BCUT2D eigenvalue weighted by Crippen LogP contribution is -2.22. The number of carbonyl (C=O) groups excluding carboxylic acids is 2. The average molecular weight is 213 g/mol. The van der Waals surface area contributed by atoms with Crippen molar-refractivity contribution in [2.24, 2.45) is 0 Å². The zero-order valence-electron chi connectivity index (χ0n) is 7.34. The van der Waals surface area contributed by atoms with E-state index >= 15 is 0 Å². The number of hydrogen-bond acceptors (Lipinski definition) is 3. The highest BCUT2D eigenvalue weighted by Gasteiger charge is 2.24. The second kappa shape index (κ2) is 3.30. The summed E-state index contributed by atoms with van der Waals surface area (Å²) in [4.78, 5) is 21.8. The number of benzene rings is 1. The van der Waals surface area contributed by atoms with Crippen LogP contribution in [0.3, 0.4) is 0 Å². The number of ether oxygens (including phenoxy) is 1. The van der Waals surface area contributed by atoms with Crippen molar-refractivity contribution in [1.82, 2.24) is 0 Å². The number of carbonyl (C=O) groups is 2. The highest BCUT2D eigenvalue weighted by Crippen LogP contribution is 2.23. The summed E-state index contributed by atoms with van der Waals surface area (Å²) in [5.41, 5.74) is -0.126. The van der Waals surface area contributed by atoms with E-state index in [4.69, 9.17) is 0 Å². The number of hydrogen-bond donors (Lipinski definition) is 1. The van der Waals surface area contributed by atoms with Gasteiger partial charge in [0.1, 0.15) is 18.2 Å². The predicted molar refractivity (Wildman–Crippen MR) is 44.8 cm³/mol. The normalized spacial score (nSPS) is 15.1. The SMILES string of the molecule is O=C1Nc2cc(F)cc(F)c2COC1=O. The summed E-state index contributed by atoms with van der Waals surface area (Å²) in [6.45, 7) is -0.390. The van der Waals surface area contributed by atoms with Gasteiger partial charge in [0.15, 0.2) is 0 Å². The molecular weight excluding hydrogens is 208 g/mol. The molecule has 1 amide bonds. The second-order valence-electron chi connectivity index (χ2n) is 2.94. The van der Waals surface area contributed by atoms with Crippen LogP contribution in [0.15, 0.2) is 12.1 Å². The highest BCUT2D eigenvalue weighted by atomic mass is 19.1. The van der Waals surface area contributed by atoms with E-state index in [9.17, 15) is 18.4 Å². The highest BCUT2D eigenvalue weighted by molar-refractivity contribution is 6.37. The molecule has 0 saturated heterocycles. The van der Waals surface area contributed by atoms with Crippen LogP contribution in [-0.4, -0.2) is 11.9 Å². The van der Waals surface area contributed by atoms with Crippen LogP contribution in [0.1, 0.15) is 5.56 Å². The van der Waals surface area contributed by atoms with Gasteiger partial charge in [0, 0.05) is 11.6 Å². The molecule has 1 aliphatic rings. The molecule has 1 heterocycles. The summed E-state index contributed by atoms with van der Waals surface area (Å²) < 4.78 is 30.4. The van der Waals surface area contributed by atoms with Crippen LogP contribution in [0.5, 0.6) is 0 Å². The van der Waals surface area contributed by atoms with Crippen molar-refractivity contribution >= 4 is 17.6 Å². The standard InChI is InChI=1S/C9H5F2NO3/c10-4-1-6(11)5-3-15-9(14)8(13)12-7(5)2-4/h1-2H,3H2,(H,12,13). The van der Waals surface area contributed by atoms with Gasteiger partial charge in [-0.15, -0.1) is 0 Å². The van der Waals surface area contributed by atoms with Crippen LogP contribution in [0.2, 0.25) is 0 Å². The summed E-state index contributed by atoms with van der Waals surface area (Å²) in [6, 6.07) is 1.59. The van der Waals surface area contributed by atoms with Crippen molar-refractivity contribution < 1.29 is 23.1 Å². The molecule has 1 aliphatic heterocycles. The molecule has 4 nitrogen and oxygen atoms in total. The van der Waals surface area contributed by atoms with Crippen molar-refractivity contribution in [1.29, 1.82) is 0 Å². The first kappa shape index (κ1) is 9.57. The van der Waals surface area contributed by atoms with E-state index in [1.165, 1.54) is 0 Å². The van der Waals surface area contributed by atoms with Gasteiger partial charge in [-0.25, -0.2) is 13.6 Å². The first-order chi connectivity index (χ1) is 7.08. The maximum absolute atomic E-state index is 13.2. The van der Waals surface area contributed by atoms with Crippen LogP contribution in [0, 0.1) is 11.6 Å². The maximum atomic E-state index is 13.2. The van der Waals surface area contributed by atoms with E-state index in [-0.39, 0.29) is 17.9 Å². The summed E-state index contributed by atoms with van der Waals surface area (Å²) in [5.74, 6) is -3.86. The Morgan fingerprint density at radius 1 is 1.27 bits per heavy atom. The van der Waals surface area contributed by atoms with E-state index in [1.54, 1.807) is 0 Å². The first-order valence-corrected chi connectivity index (χ1v) is 4.04. The van der Waals surface area contributed by atoms with Gasteiger partial charge in [-0.3, -0.25) is 4.79 Å². The Bertz CT molecular complexity index is 459. The molecule has 0 spiro atoms. The molecule has 2 rings (SSSR count). The van der Waals surface area contributed by atoms with E-state index in [0.29, 0.717) is 6.07 Å². The minimum absolute atomic E-state index is 0.0457. The Kier molecular flexibility index (Phi) is 2.11. The third kappa shape index (κ3) is 1.65. The number of rotatable bonds is 0. The fourth-order valence-electron chi connectivity index (χ4n) is 1.24. The number of halogens is 2. The Morgan fingerprint density at radius 2 is 2.00 bits per heavy atom. The summed E-state index contributed by atoms with van der Waals surface area (Å²) in [5, 5.41) is 2.06. The van der Waals surface area contributed by atoms with Crippen LogP contribution in [0.25, 0.3) is 0 Å². The van der Waals surface area contributed by atoms with E-state index in [2.05, 4.69) is 10.1 Å². The van der Waals surface area contributed by atoms with Gasteiger partial charge in [0.25, 0.3) is 0 Å². The van der Waals surface area contributed by atoms with E-state index < -0.39 is 23.5 Å². The zero-order chi connectivity index (χ0) is 11.0. The molecule has 1 aromatic rings. The van der Waals surface area contributed by atoms with Crippen LogP contribution in [0.4, 0.5) is 14.5 Å². The van der Waals surface area contributed by atoms with E-state index in [0.717, 1.165) is 6.07 Å². The molecule has 1 aromatic carbocycles. The van der Waals surface area contributed by atoms with Crippen molar-refractivity contribution in [3.8, 4) is 0 Å². The minimum atomic E-state index is -1.12. The molecular formula is C9H5F2NO3. The number of amides is 1. The maximum Gasteiger partial charge on any atom is 0.397 e. The molecule has 0 atom stereocenters. The summed E-state index contributed by atoms with van der Waals surface area (Å²) >= 11 is 0. The minimum Gasteiger partial charge on any atom is -0.453 e. The Labute approximate surface area is 82.8 Å². The molecule has 0 bridgehead atoms. The van der Waals surface area contributed by atoms with Crippen LogP contribution >= 0.6 is 0 Å². The second-order valence-corrected chi connectivity index (χ2v) is 2.94. The van der Waals surface area contributed by atoms with Gasteiger partial charge < -0.3 is 10.1 Å². The largest absolute Gasteiger partial charge is 0.453 e. The smallest absolute Gasteiger partial charge is 0.397 e. The number of cyclic esters (lactones) is 1. The lowest BCUT2D eigenvalue weighted by molar-refractivity contribution is -0.153. The Morgan fingerprint density at radius 3 is 2.73 bits per heavy atom. The lowest BCUT2D eigenvalue weighted by Gasteiger charge is -2.05. The summed E-state index contributed by atoms with van der Waals surface area (Å²) in [7, 11) is 0. The third-order valence-corrected chi connectivity index (χ3v) is 1.94. The van der Waals surface area contributed by atoms with Gasteiger partial charge in [0.05, 0.1) is 5.69 Å². The van der Waals surface area contributed by atoms with Crippen LogP contribution in [-0.2, 0) is 20.9 Å². The molecule has 78 valence electrons. The van der Waals surface area contributed by atoms with Gasteiger partial charge in [-0.2, -0.15) is 0 Å². The van der Waals surface area contributed by atoms with Crippen molar-refractivity contribution in [3.63, 3.8) is 0 Å².